The number of carbonyl (C=O) groups excluding carboxylic acids is 2. The minimum Gasteiger partial charge on any atom is -0.494 e. The maximum Gasteiger partial charge on any atom is 0.407 e. The van der Waals surface area contributed by atoms with E-state index in [1.54, 1.807) is 0 Å². The third-order valence-corrected chi connectivity index (χ3v) is 7.18. The number of benzene rings is 2. The molecule has 0 aliphatic rings. The second kappa shape index (κ2) is 15.8. The SMILES string of the molecule is CC(C)(C)OC(=O)NCCc1c[nH]c2ccc(OCCCCCCOc3ccc4[nH]cc(CCNC(=O)OC(C)(C)C)c4c3)cc12. The van der Waals surface area contributed by atoms with E-state index in [9.17, 15) is 9.59 Å². The highest BCUT2D eigenvalue weighted by molar-refractivity contribution is 5.85. The summed E-state index contributed by atoms with van der Waals surface area (Å²) in [6, 6.07) is 12.2. The van der Waals surface area contributed by atoms with E-state index >= 15 is 0 Å². The van der Waals surface area contributed by atoms with Crippen molar-refractivity contribution < 1.29 is 28.5 Å². The number of nitrogens with one attached hydrogen (secondary N) is 4. The van der Waals surface area contributed by atoms with Gasteiger partial charge in [0.2, 0.25) is 0 Å². The van der Waals surface area contributed by atoms with Gasteiger partial charge < -0.3 is 39.5 Å². The number of alkyl carbamates (subject to hydrolysis) is 2. The van der Waals surface area contributed by atoms with Crippen LogP contribution in [0.5, 0.6) is 11.5 Å². The number of fused-ring (bicyclic) bond motifs is 2. The van der Waals surface area contributed by atoms with Crippen LogP contribution in [-0.2, 0) is 22.3 Å². The number of hydrogen-bond donors (Lipinski definition) is 4. The lowest BCUT2D eigenvalue weighted by Gasteiger charge is -2.19. The van der Waals surface area contributed by atoms with Crippen molar-refractivity contribution in [3.8, 4) is 11.5 Å². The molecular formula is C36H50N4O6. The summed E-state index contributed by atoms with van der Waals surface area (Å²) in [6.07, 6.45) is 8.59. The van der Waals surface area contributed by atoms with Crippen LogP contribution < -0.4 is 20.1 Å². The first-order chi connectivity index (χ1) is 21.9. The zero-order valence-electron chi connectivity index (χ0n) is 28.1. The molecule has 4 aromatic rings. The van der Waals surface area contributed by atoms with Crippen LogP contribution >= 0.6 is 0 Å². The molecule has 0 atom stereocenters. The molecule has 10 nitrogen and oxygen atoms in total. The summed E-state index contributed by atoms with van der Waals surface area (Å²) in [4.78, 5) is 30.5. The van der Waals surface area contributed by atoms with Crippen molar-refractivity contribution in [3.05, 3.63) is 59.9 Å². The van der Waals surface area contributed by atoms with E-state index in [4.69, 9.17) is 18.9 Å². The van der Waals surface area contributed by atoms with E-state index in [2.05, 4.69) is 32.7 Å². The molecule has 0 radical (unpaired) electrons. The van der Waals surface area contributed by atoms with Gasteiger partial charge in [-0.1, -0.05) is 0 Å². The van der Waals surface area contributed by atoms with E-state index in [1.165, 1.54) is 0 Å². The molecule has 2 aromatic heterocycles. The molecule has 46 heavy (non-hydrogen) atoms. The fraction of sp³-hybridized carbons (Fsp3) is 0.500. The van der Waals surface area contributed by atoms with Gasteiger partial charge in [0.1, 0.15) is 22.7 Å². The van der Waals surface area contributed by atoms with Gasteiger partial charge in [0.15, 0.2) is 0 Å². The van der Waals surface area contributed by atoms with Crippen LogP contribution in [0.4, 0.5) is 9.59 Å². The molecule has 0 bridgehead atoms. The number of rotatable bonds is 15. The molecule has 0 fully saturated rings. The first-order valence-corrected chi connectivity index (χ1v) is 16.3. The molecule has 0 spiro atoms. The van der Waals surface area contributed by atoms with Crippen molar-refractivity contribution in [1.29, 1.82) is 0 Å². The van der Waals surface area contributed by atoms with Gasteiger partial charge in [-0.2, -0.15) is 0 Å². The highest BCUT2D eigenvalue weighted by Crippen LogP contribution is 2.26. The number of carbonyl (C=O) groups is 2. The van der Waals surface area contributed by atoms with E-state index in [0.29, 0.717) is 39.1 Å². The van der Waals surface area contributed by atoms with Crippen molar-refractivity contribution in [1.82, 2.24) is 20.6 Å². The quantitative estimate of drug-likeness (QED) is 0.0989. The van der Waals surface area contributed by atoms with E-state index < -0.39 is 23.4 Å². The number of amides is 2. The Morgan fingerprint density at radius 2 is 1.04 bits per heavy atom. The molecule has 0 aliphatic heterocycles. The molecule has 10 heteroatoms. The zero-order valence-corrected chi connectivity index (χ0v) is 28.1. The van der Waals surface area contributed by atoms with Gasteiger partial charge in [0.05, 0.1) is 13.2 Å². The summed E-state index contributed by atoms with van der Waals surface area (Å²) in [5, 5.41) is 7.84. The molecular weight excluding hydrogens is 584 g/mol. The second-order valence-corrected chi connectivity index (χ2v) is 13.5. The number of aromatic nitrogens is 2. The van der Waals surface area contributed by atoms with Gasteiger partial charge in [-0.15, -0.1) is 0 Å². The summed E-state index contributed by atoms with van der Waals surface area (Å²) < 4.78 is 22.7. The largest absolute Gasteiger partial charge is 0.494 e. The Balaban J connectivity index is 1.12. The summed E-state index contributed by atoms with van der Waals surface area (Å²) in [5.41, 5.74) is 3.31. The Bertz CT molecular complexity index is 1460. The smallest absolute Gasteiger partial charge is 0.407 e. The fourth-order valence-electron chi connectivity index (χ4n) is 5.07. The van der Waals surface area contributed by atoms with Crippen molar-refractivity contribution in [2.24, 2.45) is 0 Å². The first kappa shape index (κ1) is 34.5. The third-order valence-electron chi connectivity index (χ3n) is 7.18. The van der Waals surface area contributed by atoms with E-state index in [-0.39, 0.29) is 0 Å². The van der Waals surface area contributed by atoms with Gasteiger partial charge in [-0.25, -0.2) is 9.59 Å². The highest BCUT2D eigenvalue weighted by Gasteiger charge is 2.17. The molecule has 0 saturated carbocycles. The number of ether oxygens (including phenoxy) is 4. The first-order valence-electron chi connectivity index (χ1n) is 16.3. The lowest BCUT2D eigenvalue weighted by Crippen LogP contribution is -2.33. The van der Waals surface area contributed by atoms with Gasteiger partial charge in [0.25, 0.3) is 0 Å². The number of hydrogen-bond acceptors (Lipinski definition) is 6. The van der Waals surface area contributed by atoms with Gasteiger partial charge >= 0.3 is 12.2 Å². The fourth-order valence-corrected chi connectivity index (χ4v) is 5.07. The van der Waals surface area contributed by atoms with Crippen molar-refractivity contribution in [2.45, 2.75) is 91.3 Å². The number of H-pyrrole nitrogens is 2. The molecule has 2 aromatic carbocycles. The van der Waals surface area contributed by atoms with Gasteiger partial charge in [0, 0.05) is 47.3 Å². The topological polar surface area (TPSA) is 127 Å². The predicted octanol–water partition coefficient (Wildman–Crippen LogP) is 7.80. The van der Waals surface area contributed by atoms with Crippen LogP contribution in [0.3, 0.4) is 0 Å². The average Bonchev–Trinajstić information content (AvgIpc) is 3.56. The Labute approximate surface area is 271 Å². The number of unbranched alkanes of at least 4 members (excludes halogenated alkanes) is 3. The highest BCUT2D eigenvalue weighted by atomic mass is 16.6. The summed E-state index contributed by atoms with van der Waals surface area (Å²) in [5.74, 6) is 1.69. The Hall–Kier alpha value is -4.34. The molecule has 0 saturated heterocycles. The Morgan fingerprint density at radius 1 is 0.630 bits per heavy atom. The molecule has 0 unspecified atom stereocenters. The summed E-state index contributed by atoms with van der Waals surface area (Å²) in [7, 11) is 0. The normalized spacial score (nSPS) is 11.9. The van der Waals surface area contributed by atoms with Crippen LogP contribution in [0, 0.1) is 0 Å². The molecule has 250 valence electrons. The van der Waals surface area contributed by atoms with Crippen molar-refractivity contribution in [2.75, 3.05) is 26.3 Å². The van der Waals surface area contributed by atoms with Crippen LogP contribution in [0.15, 0.2) is 48.8 Å². The minimum atomic E-state index is -0.513. The van der Waals surface area contributed by atoms with Crippen LogP contribution in [0.25, 0.3) is 21.8 Å². The molecule has 4 N–H and O–H groups in total. The molecule has 2 amide bonds. The second-order valence-electron chi connectivity index (χ2n) is 13.5. The molecule has 2 heterocycles. The average molecular weight is 635 g/mol. The summed E-state index contributed by atoms with van der Waals surface area (Å²) in [6.45, 7) is 13.4. The van der Waals surface area contributed by atoms with Crippen molar-refractivity contribution >= 4 is 34.0 Å². The minimum absolute atomic E-state index is 0.405. The lowest BCUT2D eigenvalue weighted by atomic mass is 10.1. The van der Waals surface area contributed by atoms with E-state index in [1.807, 2.05) is 78.2 Å². The number of aromatic amines is 2. The molecule has 0 aliphatic carbocycles. The van der Waals surface area contributed by atoms with Crippen molar-refractivity contribution in [3.63, 3.8) is 0 Å². The maximum absolute atomic E-state index is 11.9. The zero-order chi connectivity index (χ0) is 33.2. The van der Waals surface area contributed by atoms with E-state index in [0.717, 1.165) is 70.1 Å². The van der Waals surface area contributed by atoms with Gasteiger partial charge in [-0.3, -0.25) is 0 Å². The standard InChI is InChI=1S/C36H50N4O6/c1-35(2,3)45-33(41)37-17-15-25-23-39-31-13-11-27(21-29(25)31)43-19-9-7-8-10-20-44-28-12-14-32-30(22-28)26(24-40-32)16-18-38-34(42)46-36(4,5)6/h11-14,21-24,39-40H,7-10,15-20H2,1-6H3,(H,37,41)(H,38,42). The Kier molecular flexibility index (Phi) is 11.8. The van der Waals surface area contributed by atoms with Gasteiger partial charge in [-0.05, 0) is 128 Å². The maximum atomic E-state index is 11.9. The van der Waals surface area contributed by atoms with Crippen LogP contribution in [-0.4, -0.2) is 59.7 Å². The molecule has 4 rings (SSSR count). The Morgan fingerprint density at radius 3 is 1.43 bits per heavy atom. The lowest BCUT2D eigenvalue weighted by molar-refractivity contribution is 0.0517. The predicted molar refractivity (Wildman–Crippen MR) is 182 cm³/mol. The van der Waals surface area contributed by atoms with Crippen LogP contribution in [0.1, 0.15) is 78.4 Å². The summed E-state index contributed by atoms with van der Waals surface area (Å²) >= 11 is 0. The van der Waals surface area contributed by atoms with Crippen LogP contribution in [0.2, 0.25) is 0 Å². The monoisotopic (exact) mass is 634 g/mol. The third kappa shape index (κ3) is 11.2.